The predicted molar refractivity (Wildman–Crippen MR) is 83.7 cm³/mol. The lowest BCUT2D eigenvalue weighted by atomic mass is 10.1. The Labute approximate surface area is 122 Å². The van der Waals surface area contributed by atoms with Gasteiger partial charge in [-0.3, -0.25) is 4.79 Å². The van der Waals surface area contributed by atoms with E-state index in [9.17, 15) is 4.79 Å². The minimum atomic E-state index is -0.176. The summed E-state index contributed by atoms with van der Waals surface area (Å²) in [6.07, 6.45) is 7.66. The predicted octanol–water partition coefficient (Wildman–Crippen LogP) is 5.06. The Morgan fingerprint density at radius 2 is 1.65 bits per heavy atom. The highest BCUT2D eigenvalue weighted by atomic mass is 16.5. The first-order chi connectivity index (χ1) is 9.58. The van der Waals surface area contributed by atoms with Gasteiger partial charge in [-0.05, 0) is 52.2 Å². The Bertz CT molecular complexity index is 465. The summed E-state index contributed by atoms with van der Waals surface area (Å²) >= 11 is 0. The summed E-state index contributed by atoms with van der Waals surface area (Å²) < 4.78 is 5.23. The highest BCUT2D eigenvalue weighted by molar-refractivity contribution is 5.72. The second kappa shape index (κ2) is 9.13. The SMILES string of the molecule is CC(C)=CCC/C(C)=C/CCC(=O)Oc1ccccc1. The van der Waals surface area contributed by atoms with Gasteiger partial charge in [-0.2, -0.15) is 0 Å². The first kappa shape index (κ1) is 16.2. The summed E-state index contributed by atoms with van der Waals surface area (Å²) in [5.41, 5.74) is 2.68. The highest BCUT2D eigenvalue weighted by Gasteiger charge is 2.02. The van der Waals surface area contributed by atoms with Gasteiger partial charge < -0.3 is 4.74 Å². The van der Waals surface area contributed by atoms with Crippen LogP contribution in [0.15, 0.2) is 53.6 Å². The maximum Gasteiger partial charge on any atom is 0.311 e. The number of benzene rings is 1. The molecule has 1 aromatic rings. The van der Waals surface area contributed by atoms with Crippen molar-refractivity contribution in [2.75, 3.05) is 0 Å². The van der Waals surface area contributed by atoms with Crippen LogP contribution in [0.25, 0.3) is 0 Å². The van der Waals surface area contributed by atoms with Crippen LogP contribution in [0, 0.1) is 0 Å². The first-order valence-electron chi connectivity index (χ1n) is 7.12. The summed E-state index contributed by atoms with van der Waals surface area (Å²) in [5, 5.41) is 0. The lowest BCUT2D eigenvalue weighted by molar-refractivity contribution is -0.134. The Kier molecular flexibility index (Phi) is 7.41. The first-order valence-corrected chi connectivity index (χ1v) is 7.12. The molecule has 0 radical (unpaired) electrons. The number of carbonyl (C=O) groups excluding carboxylic acids is 1. The number of ether oxygens (including phenoxy) is 1. The maximum absolute atomic E-state index is 11.6. The molecule has 0 aromatic heterocycles. The number of esters is 1. The lowest BCUT2D eigenvalue weighted by Gasteiger charge is -2.03. The second-order valence-corrected chi connectivity index (χ2v) is 5.20. The van der Waals surface area contributed by atoms with E-state index in [4.69, 9.17) is 4.74 Å². The molecule has 0 atom stereocenters. The third kappa shape index (κ3) is 7.57. The molecule has 0 N–H and O–H groups in total. The fraction of sp³-hybridized carbons (Fsp3) is 0.389. The monoisotopic (exact) mass is 272 g/mol. The molecule has 0 bridgehead atoms. The van der Waals surface area contributed by atoms with Crippen molar-refractivity contribution in [2.24, 2.45) is 0 Å². The van der Waals surface area contributed by atoms with Gasteiger partial charge in [0.05, 0.1) is 0 Å². The molecule has 0 saturated carbocycles. The van der Waals surface area contributed by atoms with Gasteiger partial charge in [0.25, 0.3) is 0 Å². The molecule has 0 spiro atoms. The van der Waals surface area contributed by atoms with Crippen molar-refractivity contribution in [1.82, 2.24) is 0 Å². The van der Waals surface area contributed by atoms with Gasteiger partial charge in [-0.15, -0.1) is 0 Å². The molecular weight excluding hydrogens is 248 g/mol. The van der Waals surface area contributed by atoms with Gasteiger partial charge in [0.1, 0.15) is 5.75 Å². The van der Waals surface area contributed by atoms with Crippen molar-refractivity contribution < 1.29 is 9.53 Å². The smallest absolute Gasteiger partial charge is 0.311 e. The van der Waals surface area contributed by atoms with Crippen molar-refractivity contribution in [2.45, 2.75) is 46.5 Å². The summed E-state index contributed by atoms with van der Waals surface area (Å²) in [7, 11) is 0. The van der Waals surface area contributed by atoms with Crippen LogP contribution < -0.4 is 4.74 Å². The minimum Gasteiger partial charge on any atom is -0.427 e. The third-order valence-corrected chi connectivity index (χ3v) is 2.91. The second-order valence-electron chi connectivity index (χ2n) is 5.20. The zero-order valence-corrected chi connectivity index (χ0v) is 12.7. The number of para-hydroxylation sites is 1. The average molecular weight is 272 g/mol. The highest BCUT2D eigenvalue weighted by Crippen LogP contribution is 2.11. The van der Waals surface area contributed by atoms with E-state index in [1.54, 1.807) is 12.1 Å². The fourth-order valence-corrected chi connectivity index (χ4v) is 1.80. The van der Waals surface area contributed by atoms with Crippen molar-refractivity contribution in [1.29, 1.82) is 0 Å². The quantitative estimate of drug-likeness (QED) is 0.394. The Hall–Kier alpha value is -1.83. The molecule has 2 heteroatoms. The number of rotatable bonds is 7. The molecule has 0 fully saturated rings. The van der Waals surface area contributed by atoms with E-state index in [-0.39, 0.29) is 5.97 Å². The molecule has 20 heavy (non-hydrogen) atoms. The van der Waals surface area contributed by atoms with Crippen molar-refractivity contribution in [3.8, 4) is 5.75 Å². The molecule has 0 heterocycles. The number of hydrogen-bond donors (Lipinski definition) is 0. The molecule has 0 aliphatic carbocycles. The van der Waals surface area contributed by atoms with E-state index in [2.05, 4.69) is 32.9 Å². The summed E-state index contributed by atoms with van der Waals surface area (Å²) in [6.45, 7) is 6.33. The molecule has 108 valence electrons. The van der Waals surface area contributed by atoms with Gasteiger partial charge in [0.2, 0.25) is 0 Å². The Morgan fingerprint density at radius 1 is 1.00 bits per heavy atom. The van der Waals surface area contributed by atoms with Gasteiger partial charge in [-0.25, -0.2) is 0 Å². The van der Waals surface area contributed by atoms with Crippen LogP contribution in [-0.2, 0) is 4.79 Å². The van der Waals surface area contributed by atoms with E-state index in [1.807, 2.05) is 18.2 Å². The molecule has 0 amide bonds. The maximum atomic E-state index is 11.6. The van der Waals surface area contributed by atoms with Crippen LogP contribution in [0.5, 0.6) is 5.75 Å². The van der Waals surface area contributed by atoms with E-state index in [0.717, 1.165) is 19.3 Å². The topological polar surface area (TPSA) is 26.3 Å². The largest absolute Gasteiger partial charge is 0.427 e. The summed E-state index contributed by atoms with van der Waals surface area (Å²) in [5.74, 6) is 0.436. The standard InChI is InChI=1S/C18H24O2/c1-15(2)9-7-10-16(3)11-8-14-18(19)20-17-12-5-4-6-13-17/h4-6,9,11-13H,7-8,10,14H2,1-3H3/b16-11+. The molecule has 1 aromatic carbocycles. The Balaban J connectivity index is 2.25. The van der Waals surface area contributed by atoms with E-state index in [1.165, 1.54) is 11.1 Å². The molecular formula is C18H24O2. The molecule has 2 nitrogen and oxygen atoms in total. The van der Waals surface area contributed by atoms with Gasteiger partial charge >= 0.3 is 5.97 Å². The molecule has 0 saturated heterocycles. The molecule has 1 rings (SSSR count). The normalized spacial score (nSPS) is 11.1. The molecule has 0 aliphatic heterocycles. The average Bonchev–Trinajstić information content (AvgIpc) is 2.39. The van der Waals surface area contributed by atoms with Gasteiger partial charge in [-0.1, -0.05) is 41.5 Å². The number of carbonyl (C=O) groups is 1. The van der Waals surface area contributed by atoms with Crippen LogP contribution in [-0.4, -0.2) is 5.97 Å². The molecule has 0 unspecified atom stereocenters. The van der Waals surface area contributed by atoms with Crippen LogP contribution in [0.4, 0.5) is 0 Å². The van der Waals surface area contributed by atoms with E-state index in [0.29, 0.717) is 12.2 Å². The Morgan fingerprint density at radius 3 is 2.30 bits per heavy atom. The third-order valence-electron chi connectivity index (χ3n) is 2.91. The van der Waals surface area contributed by atoms with E-state index < -0.39 is 0 Å². The zero-order valence-electron chi connectivity index (χ0n) is 12.7. The van der Waals surface area contributed by atoms with Crippen molar-refractivity contribution in [3.63, 3.8) is 0 Å². The van der Waals surface area contributed by atoms with Crippen LogP contribution >= 0.6 is 0 Å². The lowest BCUT2D eigenvalue weighted by Crippen LogP contribution is -2.06. The van der Waals surface area contributed by atoms with Crippen molar-refractivity contribution in [3.05, 3.63) is 53.6 Å². The zero-order chi connectivity index (χ0) is 14.8. The van der Waals surface area contributed by atoms with Gasteiger partial charge in [0.15, 0.2) is 0 Å². The van der Waals surface area contributed by atoms with Crippen molar-refractivity contribution >= 4 is 5.97 Å². The van der Waals surface area contributed by atoms with Crippen LogP contribution in [0.1, 0.15) is 46.5 Å². The van der Waals surface area contributed by atoms with E-state index >= 15 is 0 Å². The minimum absolute atomic E-state index is 0.176. The number of allylic oxidation sites excluding steroid dienone is 4. The number of hydrogen-bond acceptors (Lipinski definition) is 2. The van der Waals surface area contributed by atoms with Crippen LogP contribution in [0.2, 0.25) is 0 Å². The summed E-state index contributed by atoms with van der Waals surface area (Å²) in [4.78, 5) is 11.6. The summed E-state index contributed by atoms with van der Waals surface area (Å²) in [6, 6.07) is 9.19. The molecule has 0 aliphatic rings. The van der Waals surface area contributed by atoms with Crippen LogP contribution in [0.3, 0.4) is 0 Å². The fourth-order valence-electron chi connectivity index (χ4n) is 1.80. The van der Waals surface area contributed by atoms with Gasteiger partial charge in [0, 0.05) is 6.42 Å².